The van der Waals surface area contributed by atoms with Crippen molar-refractivity contribution in [3.8, 4) is 5.75 Å². The number of carbonyl (C=O) groups is 2. The van der Waals surface area contributed by atoms with Gasteiger partial charge < -0.3 is 19.5 Å². The fourth-order valence-corrected chi connectivity index (χ4v) is 2.38. The molecule has 0 radical (unpaired) electrons. The van der Waals surface area contributed by atoms with E-state index < -0.39 is 5.97 Å². The third-order valence-electron chi connectivity index (χ3n) is 3.24. The quantitative estimate of drug-likeness (QED) is 0.908. The summed E-state index contributed by atoms with van der Waals surface area (Å²) in [7, 11) is 0. The van der Waals surface area contributed by atoms with Gasteiger partial charge in [-0.1, -0.05) is 12.1 Å². The summed E-state index contributed by atoms with van der Waals surface area (Å²) in [5, 5.41) is 9.06. The van der Waals surface area contributed by atoms with Gasteiger partial charge in [0.15, 0.2) is 6.61 Å². The van der Waals surface area contributed by atoms with Crippen LogP contribution in [0.5, 0.6) is 5.75 Å². The summed E-state index contributed by atoms with van der Waals surface area (Å²) in [6.07, 6.45) is -0.0204. The predicted molar refractivity (Wildman–Crippen MR) is 75.5 cm³/mol. The SMILES string of the molecule is CC1CN(C(=O)COc2ccccc2C(=O)O)CC(C)O1. The Labute approximate surface area is 123 Å². The minimum absolute atomic E-state index is 0.0102. The number of morpholine rings is 1. The third-order valence-corrected chi connectivity index (χ3v) is 3.24. The van der Waals surface area contributed by atoms with E-state index in [1.807, 2.05) is 13.8 Å². The highest BCUT2D eigenvalue weighted by Crippen LogP contribution is 2.18. The molecule has 1 fully saturated rings. The molecule has 0 saturated carbocycles. The number of para-hydroxylation sites is 1. The Hall–Kier alpha value is -2.08. The summed E-state index contributed by atoms with van der Waals surface area (Å²) in [6, 6.07) is 6.27. The molecule has 2 rings (SSSR count). The van der Waals surface area contributed by atoms with Gasteiger partial charge in [0.1, 0.15) is 11.3 Å². The number of hydrogen-bond acceptors (Lipinski definition) is 4. The Bertz CT molecular complexity index is 521. The summed E-state index contributed by atoms with van der Waals surface area (Å²) in [5.74, 6) is -1.04. The molecule has 114 valence electrons. The van der Waals surface area contributed by atoms with Gasteiger partial charge in [-0.25, -0.2) is 4.79 Å². The zero-order valence-corrected chi connectivity index (χ0v) is 12.1. The fraction of sp³-hybridized carbons (Fsp3) is 0.467. The highest BCUT2D eigenvalue weighted by molar-refractivity contribution is 5.91. The van der Waals surface area contributed by atoms with E-state index in [4.69, 9.17) is 14.6 Å². The molecule has 2 unspecified atom stereocenters. The number of rotatable bonds is 4. The van der Waals surface area contributed by atoms with Crippen LogP contribution in [0, 0.1) is 0 Å². The van der Waals surface area contributed by atoms with Crippen molar-refractivity contribution in [3.63, 3.8) is 0 Å². The van der Waals surface area contributed by atoms with E-state index in [1.54, 1.807) is 23.1 Å². The van der Waals surface area contributed by atoms with E-state index in [0.29, 0.717) is 13.1 Å². The zero-order valence-electron chi connectivity index (χ0n) is 12.1. The lowest BCUT2D eigenvalue weighted by Gasteiger charge is -2.35. The lowest BCUT2D eigenvalue weighted by atomic mass is 10.2. The number of amides is 1. The van der Waals surface area contributed by atoms with Crippen molar-refractivity contribution in [2.75, 3.05) is 19.7 Å². The average Bonchev–Trinajstić information content (AvgIpc) is 2.43. The monoisotopic (exact) mass is 293 g/mol. The van der Waals surface area contributed by atoms with Crippen LogP contribution in [0.2, 0.25) is 0 Å². The van der Waals surface area contributed by atoms with Crippen molar-refractivity contribution < 1.29 is 24.2 Å². The van der Waals surface area contributed by atoms with Gasteiger partial charge in [0.2, 0.25) is 0 Å². The van der Waals surface area contributed by atoms with Crippen molar-refractivity contribution in [1.29, 1.82) is 0 Å². The molecule has 1 aromatic carbocycles. The Morgan fingerprint density at radius 2 is 1.90 bits per heavy atom. The summed E-state index contributed by atoms with van der Waals surface area (Å²) in [4.78, 5) is 24.9. The normalized spacial score (nSPS) is 21.9. The molecule has 1 heterocycles. The first-order valence-electron chi connectivity index (χ1n) is 6.85. The minimum atomic E-state index is -1.08. The van der Waals surface area contributed by atoms with E-state index in [9.17, 15) is 9.59 Å². The van der Waals surface area contributed by atoms with Crippen molar-refractivity contribution in [3.05, 3.63) is 29.8 Å². The van der Waals surface area contributed by atoms with Crippen molar-refractivity contribution in [2.24, 2.45) is 0 Å². The van der Waals surface area contributed by atoms with Gasteiger partial charge in [0.25, 0.3) is 5.91 Å². The smallest absolute Gasteiger partial charge is 0.339 e. The van der Waals surface area contributed by atoms with Crippen LogP contribution in [0.1, 0.15) is 24.2 Å². The summed E-state index contributed by atoms with van der Waals surface area (Å²) in [6.45, 7) is 4.69. The van der Waals surface area contributed by atoms with Crippen LogP contribution in [0.4, 0.5) is 0 Å². The molecule has 1 aliphatic rings. The second kappa shape index (κ2) is 6.58. The van der Waals surface area contributed by atoms with E-state index in [2.05, 4.69) is 0 Å². The molecule has 21 heavy (non-hydrogen) atoms. The maximum atomic E-state index is 12.1. The van der Waals surface area contributed by atoms with Gasteiger partial charge in [0, 0.05) is 13.1 Å². The Morgan fingerprint density at radius 1 is 1.29 bits per heavy atom. The largest absolute Gasteiger partial charge is 0.483 e. The topological polar surface area (TPSA) is 76.1 Å². The molecular weight excluding hydrogens is 274 g/mol. The number of nitrogens with zero attached hydrogens (tertiary/aromatic N) is 1. The van der Waals surface area contributed by atoms with Crippen LogP contribution < -0.4 is 4.74 Å². The average molecular weight is 293 g/mol. The summed E-state index contributed by atoms with van der Waals surface area (Å²) < 4.78 is 10.9. The molecule has 0 aliphatic carbocycles. The second-order valence-electron chi connectivity index (χ2n) is 5.15. The highest BCUT2D eigenvalue weighted by Gasteiger charge is 2.26. The maximum absolute atomic E-state index is 12.1. The second-order valence-corrected chi connectivity index (χ2v) is 5.15. The number of carboxylic acid groups (broad SMARTS) is 1. The molecule has 1 saturated heterocycles. The molecular formula is C15H19NO5. The standard InChI is InChI=1S/C15H19NO5/c1-10-7-16(8-11(2)21-10)14(17)9-20-13-6-4-3-5-12(13)15(18)19/h3-6,10-11H,7-9H2,1-2H3,(H,18,19). The number of carbonyl (C=O) groups excluding carboxylic acids is 1. The first-order valence-corrected chi connectivity index (χ1v) is 6.85. The van der Waals surface area contributed by atoms with Crippen LogP contribution in [-0.4, -0.2) is 53.8 Å². The number of aromatic carboxylic acids is 1. The predicted octanol–water partition coefficient (Wildman–Crippen LogP) is 1.40. The summed E-state index contributed by atoms with van der Waals surface area (Å²) in [5.41, 5.74) is 0.0500. The van der Waals surface area contributed by atoms with Crippen molar-refractivity contribution in [2.45, 2.75) is 26.1 Å². The molecule has 1 N–H and O–H groups in total. The molecule has 6 heteroatoms. The highest BCUT2D eigenvalue weighted by atomic mass is 16.5. The van der Waals surface area contributed by atoms with Gasteiger partial charge >= 0.3 is 5.97 Å². The first kappa shape index (κ1) is 15.3. The van der Waals surface area contributed by atoms with Gasteiger partial charge in [0.05, 0.1) is 12.2 Å². The van der Waals surface area contributed by atoms with Gasteiger partial charge in [-0.05, 0) is 26.0 Å². The lowest BCUT2D eigenvalue weighted by molar-refractivity contribution is -0.145. The van der Waals surface area contributed by atoms with Gasteiger partial charge in [-0.15, -0.1) is 0 Å². The summed E-state index contributed by atoms with van der Waals surface area (Å²) >= 11 is 0. The molecule has 1 amide bonds. The lowest BCUT2D eigenvalue weighted by Crippen LogP contribution is -2.49. The Balaban J connectivity index is 1.97. The van der Waals surface area contributed by atoms with Crippen LogP contribution in [0.3, 0.4) is 0 Å². The van der Waals surface area contributed by atoms with Crippen molar-refractivity contribution >= 4 is 11.9 Å². The molecule has 1 aliphatic heterocycles. The third kappa shape index (κ3) is 3.95. The van der Waals surface area contributed by atoms with Gasteiger partial charge in [-0.3, -0.25) is 4.79 Å². The molecule has 6 nitrogen and oxygen atoms in total. The molecule has 1 aromatic rings. The number of hydrogen-bond donors (Lipinski definition) is 1. The van der Waals surface area contributed by atoms with Crippen molar-refractivity contribution in [1.82, 2.24) is 4.90 Å². The number of carboxylic acids is 1. The zero-order chi connectivity index (χ0) is 15.4. The Morgan fingerprint density at radius 3 is 2.52 bits per heavy atom. The van der Waals surface area contributed by atoms with E-state index in [-0.39, 0.29) is 36.0 Å². The maximum Gasteiger partial charge on any atom is 0.339 e. The van der Waals surface area contributed by atoms with Crippen LogP contribution in [0.25, 0.3) is 0 Å². The molecule has 0 bridgehead atoms. The van der Waals surface area contributed by atoms with E-state index in [1.165, 1.54) is 6.07 Å². The number of ether oxygens (including phenoxy) is 2. The van der Waals surface area contributed by atoms with E-state index in [0.717, 1.165) is 0 Å². The van der Waals surface area contributed by atoms with Gasteiger partial charge in [-0.2, -0.15) is 0 Å². The van der Waals surface area contributed by atoms with Crippen LogP contribution >= 0.6 is 0 Å². The van der Waals surface area contributed by atoms with Crippen LogP contribution in [0.15, 0.2) is 24.3 Å². The van der Waals surface area contributed by atoms with E-state index >= 15 is 0 Å². The minimum Gasteiger partial charge on any atom is -0.483 e. The Kier molecular flexibility index (Phi) is 4.80. The molecule has 0 aromatic heterocycles. The number of benzene rings is 1. The molecule has 2 atom stereocenters. The molecule has 0 spiro atoms. The first-order chi connectivity index (χ1) is 9.97. The van der Waals surface area contributed by atoms with Crippen LogP contribution in [-0.2, 0) is 9.53 Å². The fourth-order valence-electron chi connectivity index (χ4n) is 2.38.